The number of methoxy groups -OCH3 is 1. The van der Waals surface area contributed by atoms with Gasteiger partial charge >= 0.3 is 13.6 Å². The van der Waals surface area contributed by atoms with Gasteiger partial charge < -0.3 is 18.9 Å². The Kier molecular flexibility index (Phi) is 6.97. The van der Waals surface area contributed by atoms with Crippen molar-refractivity contribution in [2.75, 3.05) is 20.3 Å². The molecule has 122 valence electrons. The maximum Gasteiger partial charge on any atom is 0.359 e. The number of aliphatic hydroxyl groups is 1. The maximum atomic E-state index is 12.6. The molecule has 0 saturated carbocycles. The first-order chi connectivity index (χ1) is 10.4. The number of hydrogen-bond acceptors (Lipinski definition) is 6. The summed E-state index contributed by atoms with van der Waals surface area (Å²) in [5.74, 6) is -0.478. The molecule has 0 aliphatic heterocycles. The number of hydrogen-bond donors (Lipinski definition) is 1. The molecule has 0 spiro atoms. The van der Waals surface area contributed by atoms with Gasteiger partial charge in [0.25, 0.3) is 0 Å². The molecular formula is C15H21O6P. The number of rotatable bonds is 8. The van der Waals surface area contributed by atoms with E-state index in [4.69, 9.17) is 9.05 Å². The quantitative estimate of drug-likeness (QED) is 0.582. The van der Waals surface area contributed by atoms with Crippen LogP contribution in [0.4, 0.5) is 0 Å². The summed E-state index contributed by atoms with van der Waals surface area (Å²) in [4.78, 5) is 11.4. The molecule has 0 fully saturated rings. The van der Waals surface area contributed by atoms with E-state index < -0.39 is 19.7 Å². The van der Waals surface area contributed by atoms with Gasteiger partial charge in [-0.25, -0.2) is 4.79 Å². The number of carbonyl (C=O) groups excluding carboxylic acids is 1. The normalized spacial score (nSPS) is 12.7. The molecule has 0 radical (unpaired) electrons. The van der Waals surface area contributed by atoms with E-state index in [9.17, 15) is 14.5 Å². The Balaban J connectivity index is 2.98. The van der Waals surface area contributed by atoms with Gasteiger partial charge in [-0.05, 0) is 31.5 Å². The minimum absolute atomic E-state index is 0.0398. The Morgan fingerprint density at radius 2 is 1.73 bits per heavy atom. The van der Waals surface area contributed by atoms with Gasteiger partial charge in [-0.1, -0.05) is 18.7 Å². The molecule has 0 saturated heterocycles. The number of ether oxygens (including phenoxy) is 1. The topological polar surface area (TPSA) is 82.1 Å². The highest BCUT2D eigenvalue weighted by Gasteiger charge is 2.33. The molecule has 1 N–H and O–H groups in total. The minimum atomic E-state index is -3.60. The molecule has 0 aliphatic carbocycles. The van der Waals surface area contributed by atoms with Crippen LogP contribution < -0.4 is 0 Å². The van der Waals surface area contributed by atoms with Gasteiger partial charge in [0, 0.05) is 0 Å². The number of aliphatic hydroxyl groups excluding tert-OH is 1. The van der Waals surface area contributed by atoms with Crippen molar-refractivity contribution in [1.82, 2.24) is 0 Å². The second-order valence-electron chi connectivity index (χ2n) is 4.34. The highest BCUT2D eigenvalue weighted by Crippen LogP contribution is 2.59. The van der Waals surface area contributed by atoms with Crippen LogP contribution in [0.2, 0.25) is 0 Å². The summed E-state index contributed by atoms with van der Waals surface area (Å²) in [5.41, 5.74) is 0.777. The lowest BCUT2D eigenvalue weighted by Crippen LogP contribution is -2.07. The average molecular weight is 328 g/mol. The summed E-state index contributed by atoms with van der Waals surface area (Å²) in [7, 11) is -2.32. The maximum absolute atomic E-state index is 12.6. The third kappa shape index (κ3) is 4.27. The van der Waals surface area contributed by atoms with Crippen molar-refractivity contribution in [1.29, 1.82) is 0 Å². The first kappa shape index (κ1) is 18.6. The first-order valence-electron chi connectivity index (χ1n) is 6.84. The second-order valence-corrected chi connectivity index (χ2v) is 6.43. The van der Waals surface area contributed by atoms with E-state index in [0.29, 0.717) is 11.1 Å². The fraction of sp³-hybridized carbons (Fsp3) is 0.400. The van der Waals surface area contributed by atoms with E-state index in [0.717, 1.165) is 0 Å². The van der Waals surface area contributed by atoms with Crippen LogP contribution in [0, 0.1) is 0 Å². The van der Waals surface area contributed by atoms with Crippen LogP contribution in [0.1, 0.15) is 35.9 Å². The van der Waals surface area contributed by atoms with Crippen molar-refractivity contribution >= 4 is 13.6 Å². The van der Waals surface area contributed by atoms with Crippen molar-refractivity contribution < 1.29 is 28.3 Å². The van der Waals surface area contributed by atoms with E-state index in [2.05, 4.69) is 11.3 Å². The number of benzene rings is 1. The van der Waals surface area contributed by atoms with E-state index >= 15 is 0 Å². The van der Waals surface area contributed by atoms with Crippen LogP contribution in [-0.2, 0) is 18.3 Å². The van der Waals surface area contributed by atoms with Gasteiger partial charge in [0.15, 0.2) is 0 Å². The zero-order chi connectivity index (χ0) is 16.8. The van der Waals surface area contributed by atoms with Gasteiger partial charge in [0.2, 0.25) is 0 Å². The lowest BCUT2D eigenvalue weighted by Gasteiger charge is -2.22. The molecule has 0 heterocycles. The van der Waals surface area contributed by atoms with Gasteiger partial charge in [0.1, 0.15) is 6.10 Å². The monoisotopic (exact) mass is 328 g/mol. The number of carbonyl (C=O) groups is 1. The van der Waals surface area contributed by atoms with Gasteiger partial charge in [-0.15, -0.1) is 0 Å². The van der Waals surface area contributed by atoms with Crippen molar-refractivity contribution in [3.63, 3.8) is 0 Å². The van der Waals surface area contributed by atoms with E-state index in [1.54, 1.807) is 13.8 Å². The van der Waals surface area contributed by atoms with Gasteiger partial charge in [-0.3, -0.25) is 4.57 Å². The molecule has 1 aromatic rings. The molecule has 1 rings (SSSR count). The van der Waals surface area contributed by atoms with Crippen molar-refractivity contribution in [3.05, 3.63) is 47.3 Å². The zero-order valence-corrected chi connectivity index (χ0v) is 13.8. The highest BCUT2D eigenvalue weighted by molar-refractivity contribution is 7.58. The van der Waals surface area contributed by atoms with Gasteiger partial charge in [-0.2, -0.15) is 0 Å². The summed E-state index contributed by atoms with van der Waals surface area (Å²) < 4.78 is 27.5. The van der Waals surface area contributed by atoms with Crippen LogP contribution in [-0.4, -0.2) is 31.4 Å². The van der Waals surface area contributed by atoms with Crippen LogP contribution in [0.3, 0.4) is 0 Å². The third-order valence-electron chi connectivity index (χ3n) is 2.91. The molecular weight excluding hydrogens is 307 g/mol. The molecule has 6 nitrogen and oxygen atoms in total. The number of esters is 1. The van der Waals surface area contributed by atoms with Crippen LogP contribution >= 0.6 is 7.60 Å². The minimum Gasteiger partial charge on any atom is -0.465 e. The molecule has 0 amide bonds. The Hall–Kier alpha value is -1.46. The summed E-state index contributed by atoms with van der Waals surface area (Å²) >= 11 is 0. The fourth-order valence-corrected chi connectivity index (χ4v) is 3.34. The van der Waals surface area contributed by atoms with E-state index in [1.807, 2.05) is 0 Å². The first-order valence-corrected chi connectivity index (χ1v) is 8.38. The van der Waals surface area contributed by atoms with Crippen LogP contribution in [0.25, 0.3) is 0 Å². The molecule has 0 bridgehead atoms. The Morgan fingerprint density at radius 3 is 2.14 bits per heavy atom. The Bertz CT molecular complexity index is 556. The van der Waals surface area contributed by atoms with Crippen molar-refractivity contribution in [2.24, 2.45) is 0 Å². The predicted molar refractivity (Wildman–Crippen MR) is 82.7 cm³/mol. The molecule has 7 heteroatoms. The summed E-state index contributed by atoms with van der Waals surface area (Å²) in [5, 5.41) is 10.3. The Labute approximate surface area is 130 Å². The smallest absolute Gasteiger partial charge is 0.359 e. The van der Waals surface area contributed by atoms with Crippen LogP contribution in [0.15, 0.2) is 36.2 Å². The molecule has 1 unspecified atom stereocenters. The molecule has 22 heavy (non-hydrogen) atoms. The van der Waals surface area contributed by atoms with Crippen molar-refractivity contribution in [3.8, 4) is 0 Å². The van der Waals surface area contributed by atoms with Crippen molar-refractivity contribution in [2.45, 2.75) is 20.0 Å². The Morgan fingerprint density at radius 1 is 1.23 bits per heavy atom. The van der Waals surface area contributed by atoms with Gasteiger partial charge in [0.05, 0.1) is 31.2 Å². The van der Waals surface area contributed by atoms with E-state index in [-0.39, 0.29) is 18.5 Å². The summed E-state index contributed by atoms with van der Waals surface area (Å²) in [6.07, 6.45) is -1.23. The third-order valence-corrected chi connectivity index (χ3v) is 5.06. The lowest BCUT2D eigenvalue weighted by atomic mass is 10.1. The zero-order valence-electron chi connectivity index (χ0n) is 12.9. The molecule has 1 atom stereocenters. The van der Waals surface area contributed by atoms with Crippen LogP contribution in [0.5, 0.6) is 0 Å². The standard InChI is InChI=1S/C15H21O6P/c1-5-20-22(18,21-6-2)11(3)14(16)12-7-9-13(10-8-12)15(17)19-4/h7-10,14,16H,3,5-6H2,1-2,4H3. The summed E-state index contributed by atoms with van der Waals surface area (Å²) in [6.45, 7) is 7.36. The average Bonchev–Trinajstić information content (AvgIpc) is 2.53. The fourth-order valence-electron chi connectivity index (χ4n) is 1.80. The molecule has 0 aliphatic rings. The molecule has 1 aromatic carbocycles. The highest BCUT2D eigenvalue weighted by atomic mass is 31.2. The molecule has 0 aromatic heterocycles. The largest absolute Gasteiger partial charge is 0.465 e. The predicted octanol–water partition coefficient (Wildman–Crippen LogP) is 3.29. The SMILES string of the molecule is C=C(C(O)c1ccc(C(=O)OC)cc1)P(=O)(OCC)OCC. The summed E-state index contributed by atoms with van der Waals surface area (Å²) in [6, 6.07) is 6.07. The second kappa shape index (κ2) is 8.25. The van der Waals surface area contributed by atoms with E-state index in [1.165, 1.54) is 31.4 Å². The lowest BCUT2D eigenvalue weighted by molar-refractivity contribution is 0.0600.